The van der Waals surface area contributed by atoms with Crippen molar-refractivity contribution in [3.8, 4) is 0 Å². The molecule has 19 heavy (non-hydrogen) atoms. The van der Waals surface area contributed by atoms with E-state index in [9.17, 15) is 26.7 Å². The number of hydrogen-bond donors (Lipinski definition) is 0. The van der Waals surface area contributed by atoms with Crippen LogP contribution in [0.2, 0.25) is 0 Å². The summed E-state index contributed by atoms with van der Waals surface area (Å²) in [4.78, 5) is 11.0. The van der Waals surface area contributed by atoms with Gasteiger partial charge in [0, 0.05) is 12.0 Å². The largest absolute Gasteiger partial charge is 0.460 e. The fraction of sp³-hybridized carbons (Fsp3) is 0.727. The molecule has 1 saturated heterocycles. The lowest BCUT2D eigenvalue weighted by Gasteiger charge is -2.31. The Labute approximate surface area is 106 Å². The minimum atomic E-state index is -5.22. The maximum atomic E-state index is 13.4. The van der Waals surface area contributed by atoms with Crippen molar-refractivity contribution < 1.29 is 36.2 Å². The molecule has 1 aliphatic rings. The average molecular weight is 288 g/mol. The molecule has 3 nitrogen and oxygen atoms in total. The highest BCUT2D eigenvalue weighted by atomic mass is 19.4. The van der Waals surface area contributed by atoms with Gasteiger partial charge >= 0.3 is 12.1 Å². The monoisotopic (exact) mass is 288 g/mol. The van der Waals surface area contributed by atoms with E-state index >= 15 is 0 Å². The van der Waals surface area contributed by atoms with E-state index in [1.807, 2.05) is 0 Å². The summed E-state index contributed by atoms with van der Waals surface area (Å²) in [6, 6.07) is 0. The molecule has 0 N–H and O–H groups in total. The normalized spacial score (nSPS) is 30.2. The number of alkyl halides is 5. The quantitative estimate of drug-likeness (QED) is 0.455. The highest BCUT2D eigenvalue weighted by molar-refractivity contribution is 5.86. The number of carbonyl (C=O) groups is 1. The lowest BCUT2D eigenvalue weighted by Crippen LogP contribution is -2.54. The molecule has 0 saturated carbocycles. The van der Waals surface area contributed by atoms with Crippen LogP contribution in [0.3, 0.4) is 0 Å². The van der Waals surface area contributed by atoms with Gasteiger partial charge in [0.05, 0.1) is 6.10 Å². The predicted molar refractivity (Wildman–Crippen MR) is 54.7 cm³/mol. The van der Waals surface area contributed by atoms with Gasteiger partial charge in [-0.05, 0) is 13.8 Å². The van der Waals surface area contributed by atoms with Crippen LogP contribution in [0.1, 0.15) is 20.3 Å². The number of halogens is 5. The summed E-state index contributed by atoms with van der Waals surface area (Å²) in [5.74, 6) is -4.95. The fourth-order valence-electron chi connectivity index (χ4n) is 1.60. The van der Waals surface area contributed by atoms with E-state index < -0.39 is 42.8 Å². The first-order valence-corrected chi connectivity index (χ1v) is 5.36. The number of carbonyl (C=O) groups excluding carboxylic acids is 1. The van der Waals surface area contributed by atoms with Gasteiger partial charge in [-0.15, -0.1) is 0 Å². The SMILES string of the molecule is C=C(C)C(=O)OCC1CC(F)(F)C(C)(C(F)(F)F)O1. The molecule has 2 unspecified atom stereocenters. The Morgan fingerprint density at radius 3 is 2.37 bits per heavy atom. The van der Waals surface area contributed by atoms with E-state index in [0.29, 0.717) is 0 Å². The van der Waals surface area contributed by atoms with Crippen molar-refractivity contribution in [2.24, 2.45) is 0 Å². The summed E-state index contributed by atoms with van der Waals surface area (Å²) in [7, 11) is 0. The Hall–Kier alpha value is -1.18. The van der Waals surface area contributed by atoms with Gasteiger partial charge in [0.1, 0.15) is 6.61 Å². The third-order valence-electron chi connectivity index (χ3n) is 2.87. The highest BCUT2D eigenvalue weighted by Gasteiger charge is 2.72. The van der Waals surface area contributed by atoms with Crippen LogP contribution in [0.25, 0.3) is 0 Å². The predicted octanol–water partition coefficient (Wildman–Crippen LogP) is 2.85. The highest BCUT2D eigenvalue weighted by Crippen LogP contribution is 2.52. The summed E-state index contributed by atoms with van der Waals surface area (Å²) in [6.07, 6.45) is -7.89. The average Bonchev–Trinajstić information content (AvgIpc) is 2.46. The Balaban J connectivity index is 2.74. The van der Waals surface area contributed by atoms with Crippen LogP contribution in [0.5, 0.6) is 0 Å². The van der Waals surface area contributed by atoms with E-state index in [4.69, 9.17) is 0 Å². The summed E-state index contributed by atoms with van der Waals surface area (Å²) in [5, 5.41) is 0. The van der Waals surface area contributed by atoms with Crippen molar-refractivity contribution in [2.45, 2.75) is 44.1 Å². The minimum absolute atomic E-state index is 0.0170. The summed E-state index contributed by atoms with van der Waals surface area (Å²) >= 11 is 0. The first-order valence-electron chi connectivity index (χ1n) is 5.36. The standard InChI is InChI=1S/C11H13F5O3/c1-6(2)8(17)18-5-7-4-10(12,13)9(3,19-7)11(14,15)16/h7H,1,4-5H2,2-3H3. The molecule has 0 spiro atoms. The van der Waals surface area contributed by atoms with Gasteiger partial charge in [0.2, 0.25) is 5.60 Å². The van der Waals surface area contributed by atoms with E-state index in [-0.39, 0.29) is 12.5 Å². The van der Waals surface area contributed by atoms with Crippen molar-refractivity contribution >= 4 is 5.97 Å². The van der Waals surface area contributed by atoms with Crippen LogP contribution in [0, 0.1) is 0 Å². The van der Waals surface area contributed by atoms with Crippen molar-refractivity contribution in [3.63, 3.8) is 0 Å². The lowest BCUT2D eigenvalue weighted by molar-refractivity contribution is -0.314. The van der Waals surface area contributed by atoms with Crippen molar-refractivity contribution in [2.75, 3.05) is 6.61 Å². The van der Waals surface area contributed by atoms with Gasteiger partial charge < -0.3 is 9.47 Å². The molecule has 2 atom stereocenters. The van der Waals surface area contributed by atoms with Gasteiger partial charge in [-0.25, -0.2) is 13.6 Å². The van der Waals surface area contributed by atoms with Crippen LogP contribution in [0.15, 0.2) is 12.2 Å². The summed E-state index contributed by atoms with van der Waals surface area (Å²) in [6.45, 7) is 4.19. The summed E-state index contributed by atoms with van der Waals surface area (Å²) in [5.41, 5.74) is -3.55. The molecule has 0 aromatic heterocycles. The van der Waals surface area contributed by atoms with Gasteiger partial charge in [-0.2, -0.15) is 13.2 Å². The number of esters is 1. The Kier molecular flexibility index (Phi) is 3.96. The molecule has 0 bridgehead atoms. The van der Waals surface area contributed by atoms with E-state index in [0.717, 1.165) is 0 Å². The van der Waals surface area contributed by atoms with Crippen LogP contribution in [-0.4, -0.2) is 36.4 Å². The first kappa shape index (κ1) is 15.9. The molecule has 1 heterocycles. The van der Waals surface area contributed by atoms with Crippen LogP contribution < -0.4 is 0 Å². The lowest BCUT2D eigenvalue weighted by atomic mass is 9.97. The molecule has 0 amide bonds. The van der Waals surface area contributed by atoms with Crippen molar-refractivity contribution in [1.29, 1.82) is 0 Å². The van der Waals surface area contributed by atoms with Crippen LogP contribution in [0.4, 0.5) is 22.0 Å². The molecule has 110 valence electrons. The molecular weight excluding hydrogens is 275 g/mol. The zero-order valence-electron chi connectivity index (χ0n) is 10.3. The number of ether oxygens (including phenoxy) is 2. The van der Waals surface area contributed by atoms with Gasteiger partial charge in [-0.3, -0.25) is 0 Å². The zero-order valence-corrected chi connectivity index (χ0v) is 10.3. The smallest absolute Gasteiger partial charge is 0.423 e. The zero-order chi connectivity index (χ0) is 15.1. The third kappa shape index (κ3) is 2.88. The molecular formula is C11H13F5O3. The second-order valence-corrected chi connectivity index (χ2v) is 4.56. The maximum Gasteiger partial charge on any atom is 0.423 e. The molecule has 1 rings (SSSR count). The molecule has 1 aliphatic heterocycles. The van der Waals surface area contributed by atoms with Crippen molar-refractivity contribution in [3.05, 3.63) is 12.2 Å². The van der Waals surface area contributed by atoms with Crippen molar-refractivity contribution in [1.82, 2.24) is 0 Å². The first-order chi connectivity index (χ1) is 8.41. The topological polar surface area (TPSA) is 35.5 Å². The van der Waals surface area contributed by atoms with E-state index in [2.05, 4.69) is 16.1 Å². The second kappa shape index (κ2) is 4.73. The van der Waals surface area contributed by atoms with E-state index in [1.54, 1.807) is 0 Å². The third-order valence-corrected chi connectivity index (χ3v) is 2.87. The van der Waals surface area contributed by atoms with E-state index in [1.165, 1.54) is 6.92 Å². The summed E-state index contributed by atoms with van der Waals surface area (Å²) < 4.78 is 73.6. The number of rotatable bonds is 3. The van der Waals surface area contributed by atoms with Crippen LogP contribution in [-0.2, 0) is 14.3 Å². The molecule has 0 aliphatic carbocycles. The van der Waals surface area contributed by atoms with Crippen LogP contribution >= 0.6 is 0 Å². The molecule has 0 radical (unpaired) electrons. The molecule has 0 aromatic carbocycles. The Bertz CT molecular complexity index is 390. The molecule has 8 heteroatoms. The number of hydrogen-bond acceptors (Lipinski definition) is 3. The fourth-order valence-corrected chi connectivity index (χ4v) is 1.60. The molecule has 0 aromatic rings. The van der Waals surface area contributed by atoms with Gasteiger partial charge in [0.25, 0.3) is 5.92 Å². The molecule has 1 fully saturated rings. The Morgan fingerprint density at radius 1 is 1.47 bits per heavy atom. The second-order valence-electron chi connectivity index (χ2n) is 4.56. The van der Waals surface area contributed by atoms with Gasteiger partial charge in [-0.1, -0.05) is 6.58 Å². The Morgan fingerprint density at radius 2 is 2.00 bits per heavy atom. The maximum absolute atomic E-state index is 13.4. The minimum Gasteiger partial charge on any atom is -0.460 e. The van der Waals surface area contributed by atoms with Gasteiger partial charge in [0.15, 0.2) is 0 Å².